The maximum atomic E-state index is 3.27. The summed E-state index contributed by atoms with van der Waals surface area (Å²) in [5.74, 6) is 0.565. The van der Waals surface area contributed by atoms with Crippen molar-refractivity contribution in [3.05, 3.63) is 60.3 Å². The van der Waals surface area contributed by atoms with Crippen molar-refractivity contribution in [1.82, 2.24) is 4.98 Å². The monoisotopic (exact) mass is 235 g/mol. The Bertz CT molecular complexity index is 677. The van der Waals surface area contributed by atoms with Gasteiger partial charge in [0, 0.05) is 17.1 Å². The van der Waals surface area contributed by atoms with Crippen LogP contribution in [0.4, 0.5) is 0 Å². The van der Waals surface area contributed by atoms with Gasteiger partial charge in [0.25, 0.3) is 0 Å². The molecule has 1 aromatic heterocycles. The number of benzene rings is 2. The fourth-order valence-electron chi connectivity index (χ4n) is 2.40. The number of nitrogens with one attached hydrogen (secondary N) is 1. The molecule has 0 unspecified atom stereocenters. The fourth-order valence-corrected chi connectivity index (χ4v) is 2.40. The van der Waals surface area contributed by atoms with Crippen molar-refractivity contribution < 1.29 is 0 Å². The van der Waals surface area contributed by atoms with E-state index < -0.39 is 0 Å². The molecule has 0 saturated heterocycles. The van der Waals surface area contributed by atoms with E-state index in [2.05, 4.69) is 67.4 Å². The van der Waals surface area contributed by atoms with E-state index >= 15 is 0 Å². The van der Waals surface area contributed by atoms with Gasteiger partial charge in [-0.05, 0) is 34.7 Å². The number of hydrogen-bond acceptors (Lipinski definition) is 0. The molecule has 0 radical (unpaired) electrons. The van der Waals surface area contributed by atoms with Crippen LogP contribution in [0.3, 0.4) is 0 Å². The van der Waals surface area contributed by atoms with Crippen molar-refractivity contribution in [3.63, 3.8) is 0 Å². The third kappa shape index (κ3) is 1.82. The van der Waals surface area contributed by atoms with E-state index in [1.54, 1.807) is 0 Å². The van der Waals surface area contributed by atoms with E-state index in [-0.39, 0.29) is 0 Å². The van der Waals surface area contributed by atoms with Gasteiger partial charge in [0.2, 0.25) is 0 Å². The summed E-state index contributed by atoms with van der Waals surface area (Å²) < 4.78 is 0. The zero-order valence-corrected chi connectivity index (χ0v) is 10.8. The predicted molar refractivity (Wildman–Crippen MR) is 77.8 cm³/mol. The molecule has 0 fully saturated rings. The standard InChI is InChI=1S/C17H17N/c1-12(2)13-5-3-6-14(11-13)15-7-4-8-17-16(15)9-10-18-17/h3-12,18H,1-2H3. The van der Waals surface area contributed by atoms with Crippen LogP contribution < -0.4 is 0 Å². The summed E-state index contributed by atoms with van der Waals surface area (Å²) in [7, 11) is 0. The molecule has 1 N–H and O–H groups in total. The largest absolute Gasteiger partial charge is 0.361 e. The van der Waals surface area contributed by atoms with Gasteiger partial charge in [-0.25, -0.2) is 0 Å². The zero-order valence-electron chi connectivity index (χ0n) is 10.8. The van der Waals surface area contributed by atoms with E-state index in [4.69, 9.17) is 0 Å². The molecule has 0 atom stereocenters. The molecule has 0 bridgehead atoms. The number of fused-ring (bicyclic) bond motifs is 1. The van der Waals surface area contributed by atoms with Gasteiger partial charge in [0.05, 0.1) is 0 Å². The van der Waals surface area contributed by atoms with Gasteiger partial charge in [-0.15, -0.1) is 0 Å². The Kier molecular flexibility index (Phi) is 2.67. The number of aromatic nitrogens is 1. The molecule has 0 amide bonds. The molecule has 18 heavy (non-hydrogen) atoms. The average molecular weight is 235 g/mol. The minimum Gasteiger partial charge on any atom is -0.361 e. The summed E-state index contributed by atoms with van der Waals surface area (Å²) >= 11 is 0. The van der Waals surface area contributed by atoms with Crippen molar-refractivity contribution in [3.8, 4) is 11.1 Å². The Morgan fingerprint density at radius 1 is 0.944 bits per heavy atom. The summed E-state index contributed by atoms with van der Waals surface area (Å²) in [6.07, 6.45) is 2.00. The van der Waals surface area contributed by atoms with Crippen LogP contribution in [-0.2, 0) is 0 Å². The maximum Gasteiger partial charge on any atom is 0.0460 e. The van der Waals surface area contributed by atoms with Crippen molar-refractivity contribution in [2.75, 3.05) is 0 Å². The van der Waals surface area contributed by atoms with E-state index in [1.807, 2.05) is 6.20 Å². The molecule has 1 heterocycles. The second-order valence-corrected chi connectivity index (χ2v) is 5.02. The van der Waals surface area contributed by atoms with Crippen LogP contribution in [0.25, 0.3) is 22.0 Å². The van der Waals surface area contributed by atoms with Gasteiger partial charge in [-0.2, -0.15) is 0 Å². The lowest BCUT2D eigenvalue weighted by Crippen LogP contribution is -1.88. The first-order valence-corrected chi connectivity index (χ1v) is 6.42. The maximum absolute atomic E-state index is 3.27. The first-order valence-electron chi connectivity index (χ1n) is 6.42. The highest BCUT2D eigenvalue weighted by molar-refractivity contribution is 5.95. The van der Waals surface area contributed by atoms with Crippen LogP contribution in [0.1, 0.15) is 25.3 Å². The molecule has 0 aliphatic heterocycles. The lowest BCUT2D eigenvalue weighted by Gasteiger charge is -2.09. The van der Waals surface area contributed by atoms with Crippen LogP contribution in [0.2, 0.25) is 0 Å². The molecule has 0 spiro atoms. The Labute approximate surface area is 107 Å². The quantitative estimate of drug-likeness (QED) is 0.646. The molecular formula is C17H17N. The van der Waals surface area contributed by atoms with Gasteiger partial charge in [0.1, 0.15) is 0 Å². The predicted octanol–water partition coefficient (Wildman–Crippen LogP) is 4.96. The molecule has 90 valence electrons. The van der Waals surface area contributed by atoms with Gasteiger partial charge in [-0.3, -0.25) is 0 Å². The normalized spacial score (nSPS) is 11.3. The molecule has 0 aliphatic rings. The molecular weight excluding hydrogens is 218 g/mol. The number of hydrogen-bond donors (Lipinski definition) is 1. The van der Waals surface area contributed by atoms with Crippen molar-refractivity contribution in [1.29, 1.82) is 0 Å². The van der Waals surface area contributed by atoms with Crippen LogP contribution in [0.15, 0.2) is 54.7 Å². The summed E-state index contributed by atoms with van der Waals surface area (Å²) in [6, 6.07) is 17.4. The zero-order chi connectivity index (χ0) is 12.5. The van der Waals surface area contributed by atoms with Crippen LogP contribution in [0, 0.1) is 0 Å². The highest BCUT2D eigenvalue weighted by atomic mass is 14.7. The van der Waals surface area contributed by atoms with Crippen LogP contribution in [-0.4, -0.2) is 4.98 Å². The van der Waals surface area contributed by atoms with Crippen molar-refractivity contribution in [2.45, 2.75) is 19.8 Å². The minimum atomic E-state index is 0.565. The minimum absolute atomic E-state index is 0.565. The van der Waals surface area contributed by atoms with Crippen molar-refractivity contribution in [2.24, 2.45) is 0 Å². The third-order valence-corrected chi connectivity index (χ3v) is 3.46. The molecule has 1 nitrogen and oxygen atoms in total. The van der Waals surface area contributed by atoms with Crippen LogP contribution >= 0.6 is 0 Å². The molecule has 3 rings (SSSR count). The second kappa shape index (κ2) is 4.34. The Morgan fingerprint density at radius 3 is 2.61 bits per heavy atom. The van der Waals surface area contributed by atoms with Crippen LogP contribution in [0.5, 0.6) is 0 Å². The lowest BCUT2D eigenvalue weighted by molar-refractivity contribution is 0.867. The first-order chi connectivity index (χ1) is 8.75. The number of rotatable bonds is 2. The van der Waals surface area contributed by atoms with Gasteiger partial charge in [0.15, 0.2) is 0 Å². The Balaban J connectivity index is 2.20. The highest BCUT2D eigenvalue weighted by Gasteiger charge is 2.06. The average Bonchev–Trinajstić information content (AvgIpc) is 2.87. The summed E-state index contributed by atoms with van der Waals surface area (Å²) in [5.41, 5.74) is 5.19. The molecule has 3 aromatic rings. The topological polar surface area (TPSA) is 15.8 Å². The SMILES string of the molecule is CC(C)c1cccc(-c2cccc3[nH]ccc23)c1. The number of H-pyrrole nitrogens is 1. The Morgan fingerprint density at radius 2 is 1.78 bits per heavy atom. The lowest BCUT2D eigenvalue weighted by atomic mass is 9.96. The summed E-state index contributed by atoms with van der Waals surface area (Å²) in [5, 5.41) is 1.29. The first kappa shape index (κ1) is 11.1. The van der Waals surface area contributed by atoms with Crippen molar-refractivity contribution >= 4 is 10.9 Å². The number of aromatic amines is 1. The molecule has 1 heteroatoms. The molecule has 0 saturated carbocycles. The fraction of sp³-hybridized carbons (Fsp3) is 0.176. The van der Waals surface area contributed by atoms with E-state index in [0.29, 0.717) is 5.92 Å². The second-order valence-electron chi connectivity index (χ2n) is 5.02. The van der Waals surface area contributed by atoms with E-state index in [9.17, 15) is 0 Å². The van der Waals surface area contributed by atoms with E-state index in [0.717, 1.165) is 0 Å². The Hall–Kier alpha value is -2.02. The van der Waals surface area contributed by atoms with E-state index in [1.165, 1.54) is 27.6 Å². The van der Waals surface area contributed by atoms with Gasteiger partial charge < -0.3 is 4.98 Å². The smallest absolute Gasteiger partial charge is 0.0460 e. The molecule has 0 aliphatic carbocycles. The molecule has 2 aromatic carbocycles. The summed E-state index contributed by atoms with van der Waals surface area (Å²) in [4.78, 5) is 3.27. The van der Waals surface area contributed by atoms with Gasteiger partial charge >= 0.3 is 0 Å². The highest BCUT2D eigenvalue weighted by Crippen LogP contribution is 2.29. The summed E-state index contributed by atoms with van der Waals surface area (Å²) in [6.45, 7) is 4.46. The van der Waals surface area contributed by atoms with Gasteiger partial charge in [-0.1, -0.05) is 50.2 Å². The third-order valence-electron chi connectivity index (χ3n) is 3.46.